The zero-order chi connectivity index (χ0) is 37.2. The van der Waals surface area contributed by atoms with Crippen LogP contribution in [0, 0.1) is 6.92 Å². The van der Waals surface area contributed by atoms with E-state index in [2.05, 4.69) is 34.9 Å². The summed E-state index contributed by atoms with van der Waals surface area (Å²) in [6.45, 7) is 2.56. The van der Waals surface area contributed by atoms with Crippen molar-refractivity contribution in [3.8, 4) is 11.1 Å². The molecule has 272 valence electrons. The van der Waals surface area contributed by atoms with Crippen LogP contribution in [-0.4, -0.2) is 43.7 Å². The fourth-order valence-corrected chi connectivity index (χ4v) is 7.30. The summed E-state index contributed by atoms with van der Waals surface area (Å²) in [5.74, 6) is -1.08. The Hall–Kier alpha value is -5.44. The molecule has 0 spiro atoms. The zero-order valence-corrected chi connectivity index (χ0v) is 30.5. The smallest absolute Gasteiger partial charge is 0.407 e. The third-order valence-corrected chi connectivity index (χ3v) is 10.0. The largest absolute Gasteiger partial charge is 0.449 e. The monoisotopic (exact) mass is 729 g/mol. The van der Waals surface area contributed by atoms with Crippen LogP contribution in [-0.2, 0) is 24.7 Å². The molecule has 0 radical (unpaired) electrons. The molecule has 5 aromatic rings. The van der Waals surface area contributed by atoms with Crippen LogP contribution < -0.4 is 16.4 Å². The molecule has 1 aliphatic rings. The van der Waals surface area contributed by atoms with Gasteiger partial charge < -0.3 is 25.8 Å². The second-order valence-electron chi connectivity index (χ2n) is 13.2. The van der Waals surface area contributed by atoms with E-state index in [1.165, 1.54) is 0 Å². The van der Waals surface area contributed by atoms with Crippen molar-refractivity contribution in [2.75, 3.05) is 19.7 Å². The molecule has 0 saturated heterocycles. The Morgan fingerprint density at radius 3 is 2.04 bits per heavy atom. The molecule has 1 aliphatic carbocycles. The number of aryl methyl sites for hydroxylation is 1. The first-order chi connectivity index (χ1) is 25.8. The number of unbranched alkanes of at least 4 members (excludes halogenated alkanes) is 1. The van der Waals surface area contributed by atoms with E-state index in [-0.39, 0.29) is 25.5 Å². The Bertz CT molecular complexity index is 1990. The van der Waals surface area contributed by atoms with Crippen LogP contribution in [0.25, 0.3) is 11.1 Å². The Balaban J connectivity index is 1.13. The first-order valence-corrected chi connectivity index (χ1v) is 18.4. The summed E-state index contributed by atoms with van der Waals surface area (Å²) in [6.07, 6.45) is 0.843. The molecule has 0 saturated carbocycles. The van der Waals surface area contributed by atoms with Gasteiger partial charge >= 0.3 is 12.1 Å². The number of nitrogens with one attached hydrogen (secondary N) is 2. The van der Waals surface area contributed by atoms with Gasteiger partial charge in [-0.1, -0.05) is 138 Å². The summed E-state index contributed by atoms with van der Waals surface area (Å²) in [5.41, 5.74) is 11.9. The number of benzene rings is 5. The molecule has 5 aromatic carbocycles. The number of esters is 1. The van der Waals surface area contributed by atoms with Crippen molar-refractivity contribution in [3.05, 3.63) is 166 Å². The van der Waals surface area contributed by atoms with Crippen LogP contribution in [0.1, 0.15) is 65.0 Å². The first kappa shape index (κ1) is 37.3. The van der Waals surface area contributed by atoms with Crippen LogP contribution in [0.15, 0.2) is 127 Å². The summed E-state index contributed by atoms with van der Waals surface area (Å²) in [7, 11) is 0. The first-order valence-electron chi connectivity index (χ1n) is 18.0. The quantitative estimate of drug-likeness (QED) is 0.0571. The maximum Gasteiger partial charge on any atom is 0.407 e. The Morgan fingerprint density at radius 1 is 0.774 bits per heavy atom. The van der Waals surface area contributed by atoms with Crippen LogP contribution in [0.2, 0.25) is 5.02 Å². The average Bonchev–Trinajstić information content (AvgIpc) is 3.50. The minimum Gasteiger partial charge on any atom is -0.449 e. The van der Waals surface area contributed by atoms with Crippen LogP contribution in [0.5, 0.6) is 0 Å². The summed E-state index contributed by atoms with van der Waals surface area (Å²) in [6, 6.07) is 39.9. The van der Waals surface area contributed by atoms with Gasteiger partial charge in [0.05, 0.1) is 6.42 Å². The number of halogens is 1. The SMILES string of the molecule is Cc1ccc(C(OC(=O)CCNC(=O)[C@H](CCCCN)NC(=O)OCC2c3ccccc3-c3ccccc32)(c2ccccc2)c2ccccc2Cl)cc1. The van der Waals surface area contributed by atoms with Gasteiger partial charge in [-0.15, -0.1) is 0 Å². The second kappa shape index (κ2) is 17.4. The molecular weight excluding hydrogens is 686 g/mol. The molecule has 4 N–H and O–H groups in total. The highest BCUT2D eigenvalue weighted by molar-refractivity contribution is 6.31. The molecule has 2 amide bonds. The van der Waals surface area contributed by atoms with Crippen LogP contribution in [0.4, 0.5) is 4.79 Å². The lowest BCUT2D eigenvalue weighted by Crippen LogP contribution is -2.47. The highest BCUT2D eigenvalue weighted by Crippen LogP contribution is 2.45. The minimum absolute atomic E-state index is 0.0152. The number of amides is 2. The van der Waals surface area contributed by atoms with Crippen molar-refractivity contribution in [2.45, 2.75) is 50.2 Å². The number of carbonyl (C=O) groups excluding carboxylic acids is 3. The molecule has 0 aromatic heterocycles. The highest BCUT2D eigenvalue weighted by Gasteiger charge is 2.42. The number of hydrogen-bond donors (Lipinski definition) is 3. The summed E-state index contributed by atoms with van der Waals surface area (Å²) in [4.78, 5) is 40.4. The minimum atomic E-state index is -1.36. The van der Waals surface area contributed by atoms with E-state index in [4.69, 9.17) is 26.8 Å². The Morgan fingerprint density at radius 2 is 1.38 bits per heavy atom. The predicted octanol–water partition coefficient (Wildman–Crippen LogP) is 8.03. The van der Waals surface area contributed by atoms with E-state index in [9.17, 15) is 14.4 Å². The van der Waals surface area contributed by atoms with Gasteiger partial charge in [-0.05, 0) is 61.1 Å². The van der Waals surface area contributed by atoms with Gasteiger partial charge in [-0.25, -0.2) is 4.79 Å². The average molecular weight is 730 g/mol. The fraction of sp³-hybridized carbons (Fsp3) is 0.250. The number of alkyl carbamates (subject to hydrolysis) is 1. The van der Waals surface area contributed by atoms with Crippen molar-refractivity contribution in [1.29, 1.82) is 0 Å². The Kier molecular flexibility index (Phi) is 12.2. The molecule has 53 heavy (non-hydrogen) atoms. The van der Waals surface area contributed by atoms with E-state index in [0.29, 0.717) is 36.4 Å². The van der Waals surface area contributed by atoms with E-state index < -0.39 is 29.6 Å². The third kappa shape index (κ3) is 8.46. The molecule has 9 heteroatoms. The third-order valence-electron chi connectivity index (χ3n) is 9.69. The normalized spacial score (nSPS) is 13.6. The number of hydrogen-bond acceptors (Lipinski definition) is 6. The zero-order valence-electron chi connectivity index (χ0n) is 29.7. The van der Waals surface area contributed by atoms with Crippen molar-refractivity contribution < 1.29 is 23.9 Å². The maximum atomic E-state index is 13.8. The van der Waals surface area contributed by atoms with Crippen molar-refractivity contribution in [1.82, 2.24) is 10.6 Å². The number of carbonyl (C=O) groups is 3. The van der Waals surface area contributed by atoms with Crippen molar-refractivity contribution >= 4 is 29.6 Å². The second-order valence-corrected chi connectivity index (χ2v) is 13.6. The van der Waals surface area contributed by atoms with Crippen molar-refractivity contribution in [2.24, 2.45) is 5.73 Å². The molecule has 1 unspecified atom stereocenters. The van der Waals surface area contributed by atoms with Gasteiger partial charge in [-0.2, -0.15) is 0 Å². The predicted molar refractivity (Wildman–Crippen MR) is 208 cm³/mol. The summed E-state index contributed by atoms with van der Waals surface area (Å²) >= 11 is 6.80. The lowest BCUT2D eigenvalue weighted by Gasteiger charge is -2.36. The molecule has 0 bridgehead atoms. The number of nitrogens with two attached hydrogens (primary N) is 1. The molecule has 0 heterocycles. The molecule has 2 atom stereocenters. The van der Waals surface area contributed by atoms with Crippen molar-refractivity contribution in [3.63, 3.8) is 0 Å². The number of rotatable bonds is 15. The standard InChI is InChI=1S/C44H44ClN3O5/c1-30-22-24-32(25-23-30)44(31-13-3-2-4-14-31,38-19-9-10-20-39(38)45)53-41(49)26-28-47-42(50)40(21-11-12-27-46)48-43(51)52-29-37-35-17-7-5-15-33(35)34-16-6-8-18-36(34)37/h2-10,13-20,22-25,37,40H,11-12,21,26-29,46H2,1H3,(H,47,50)(H,48,51)/t40-,44?/m0/s1. The topological polar surface area (TPSA) is 120 Å². The molecule has 0 aliphatic heterocycles. The number of ether oxygens (including phenoxy) is 2. The fourth-order valence-electron chi connectivity index (χ4n) is 7.04. The summed E-state index contributed by atoms with van der Waals surface area (Å²) in [5, 5.41) is 6.02. The molecule has 0 fully saturated rings. The lowest BCUT2D eigenvalue weighted by molar-refractivity contribution is -0.153. The van der Waals surface area contributed by atoms with Gasteiger partial charge in [-0.3, -0.25) is 9.59 Å². The van der Waals surface area contributed by atoms with E-state index in [1.807, 2.05) is 104 Å². The highest BCUT2D eigenvalue weighted by atomic mass is 35.5. The molecule has 8 nitrogen and oxygen atoms in total. The molecular formula is C44H44ClN3O5. The Labute approximate surface area is 315 Å². The number of fused-ring (bicyclic) bond motifs is 3. The van der Waals surface area contributed by atoms with Gasteiger partial charge in [0.2, 0.25) is 5.91 Å². The summed E-state index contributed by atoms with van der Waals surface area (Å²) < 4.78 is 12.2. The van der Waals surface area contributed by atoms with Crippen LogP contribution in [0.3, 0.4) is 0 Å². The van der Waals surface area contributed by atoms with E-state index in [1.54, 1.807) is 6.07 Å². The maximum absolute atomic E-state index is 13.8. The van der Waals surface area contributed by atoms with Gasteiger partial charge in [0.15, 0.2) is 5.60 Å². The van der Waals surface area contributed by atoms with Crippen LogP contribution >= 0.6 is 11.6 Å². The molecule has 6 rings (SSSR count). The van der Waals surface area contributed by atoms with Gasteiger partial charge in [0.25, 0.3) is 0 Å². The van der Waals surface area contributed by atoms with Gasteiger partial charge in [0.1, 0.15) is 12.6 Å². The lowest BCUT2D eigenvalue weighted by atomic mass is 9.79. The van der Waals surface area contributed by atoms with E-state index in [0.717, 1.165) is 38.9 Å². The van der Waals surface area contributed by atoms with E-state index >= 15 is 0 Å². The van der Waals surface area contributed by atoms with Gasteiger partial charge in [0, 0.05) is 34.2 Å².